The first-order chi connectivity index (χ1) is 9.74. The van der Waals surface area contributed by atoms with E-state index in [-0.39, 0.29) is 0 Å². The van der Waals surface area contributed by atoms with Crippen LogP contribution in [0.15, 0.2) is 36.5 Å². The van der Waals surface area contributed by atoms with Gasteiger partial charge in [-0.15, -0.1) is 0 Å². The predicted octanol–water partition coefficient (Wildman–Crippen LogP) is 4.35. The maximum Gasteiger partial charge on any atom is 0.148 e. The van der Waals surface area contributed by atoms with Gasteiger partial charge in [-0.3, -0.25) is 0 Å². The minimum atomic E-state index is 0.600. The lowest BCUT2D eigenvalue weighted by Gasteiger charge is -2.09. The number of rotatable bonds is 5. The van der Waals surface area contributed by atoms with Gasteiger partial charge in [0.2, 0.25) is 0 Å². The number of unbranched alkanes of at least 4 members (excludes halogenated alkanes) is 1. The summed E-state index contributed by atoms with van der Waals surface area (Å²) in [5.74, 6) is 0.619. The van der Waals surface area contributed by atoms with E-state index < -0.39 is 0 Å². The summed E-state index contributed by atoms with van der Waals surface area (Å²) in [6.45, 7) is 4.11. The van der Waals surface area contributed by atoms with E-state index in [1.807, 2.05) is 25.1 Å². The van der Waals surface area contributed by atoms with Gasteiger partial charge in [-0.25, -0.2) is 4.98 Å². The molecule has 0 radical (unpaired) electrons. The van der Waals surface area contributed by atoms with Crippen molar-refractivity contribution in [3.63, 3.8) is 0 Å². The molecule has 102 valence electrons. The number of hydrogen-bond acceptors (Lipinski definition) is 3. The summed E-state index contributed by atoms with van der Waals surface area (Å²) >= 11 is 0. The summed E-state index contributed by atoms with van der Waals surface area (Å²) in [7, 11) is 0. The van der Waals surface area contributed by atoms with E-state index >= 15 is 0 Å². The first-order valence-corrected chi connectivity index (χ1v) is 6.96. The molecule has 0 aliphatic carbocycles. The van der Waals surface area contributed by atoms with Gasteiger partial charge in [0.1, 0.15) is 11.9 Å². The highest BCUT2D eigenvalue weighted by Crippen LogP contribution is 2.21. The summed E-state index contributed by atoms with van der Waals surface area (Å²) in [6, 6.07) is 12.4. The molecule has 1 aromatic heterocycles. The summed E-state index contributed by atoms with van der Waals surface area (Å²) in [6.07, 6.45) is 5.25. The van der Waals surface area contributed by atoms with Gasteiger partial charge in [0.05, 0.1) is 5.56 Å². The molecule has 1 N–H and O–H groups in total. The molecule has 0 saturated carbocycles. The Morgan fingerprint density at radius 2 is 1.95 bits per heavy atom. The summed E-state index contributed by atoms with van der Waals surface area (Å²) in [4.78, 5) is 4.24. The molecule has 0 amide bonds. The van der Waals surface area contributed by atoms with Crippen LogP contribution >= 0.6 is 0 Å². The largest absolute Gasteiger partial charge is 0.339 e. The quantitative estimate of drug-likeness (QED) is 0.874. The van der Waals surface area contributed by atoms with Crippen LogP contribution in [0, 0.1) is 18.3 Å². The van der Waals surface area contributed by atoms with Crippen molar-refractivity contribution in [2.45, 2.75) is 33.1 Å². The molecule has 2 aromatic rings. The molecular weight excluding hydrogens is 246 g/mol. The van der Waals surface area contributed by atoms with Crippen molar-refractivity contribution in [1.82, 2.24) is 4.98 Å². The maximum atomic E-state index is 9.19. The molecule has 0 atom stereocenters. The van der Waals surface area contributed by atoms with Crippen LogP contribution in [0.4, 0.5) is 11.5 Å². The number of nitrogens with one attached hydrogen (secondary N) is 1. The fourth-order valence-corrected chi connectivity index (χ4v) is 2.07. The zero-order valence-corrected chi connectivity index (χ0v) is 12.0. The van der Waals surface area contributed by atoms with E-state index in [4.69, 9.17) is 0 Å². The minimum Gasteiger partial charge on any atom is -0.339 e. The highest BCUT2D eigenvalue weighted by atomic mass is 15.0. The first kappa shape index (κ1) is 14.1. The van der Waals surface area contributed by atoms with Crippen molar-refractivity contribution in [3.05, 3.63) is 53.2 Å². The third-order valence-electron chi connectivity index (χ3n) is 3.31. The fourth-order valence-electron chi connectivity index (χ4n) is 2.07. The van der Waals surface area contributed by atoms with Crippen molar-refractivity contribution in [3.8, 4) is 6.07 Å². The molecule has 0 spiro atoms. The van der Waals surface area contributed by atoms with Crippen molar-refractivity contribution in [2.24, 2.45) is 0 Å². The molecule has 3 heteroatoms. The topological polar surface area (TPSA) is 48.7 Å². The number of pyridine rings is 1. The molecule has 0 saturated heterocycles. The fraction of sp³-hybridized carbons (Fsp3) is 0.294. The van der Waals surface area contributed by atoms with Crippen LogP contribution in [0.25, 0.3) is 0 Å². The van der Waals surface area contributed by atoms with Crippen molar-refractivity contribution in [2.75, 3.05) is 5.32 Å². The number of nitrogens with zero attached hydrogens (tertiary/aromatic N) is 2. The maximum absolute atomic E-state index is 9.19. The number of aromatic nitrogens is 1. The van der Waals surface area contributed by atoms with Gasteiger partial charge in [-0.05, 0) is 49.1 Å². The minimum absolute atomic E-state index is 0.600. The smallest absolute Gasteiger partial charge is 0.148 e. The predicted molar refractivity (Wildman–Crippen MR) is 82.0 cm³/mol. The van der Waals surface area contributed by atoms with Gasteiger partial charge in [0, 0.05) is 11.9 Å². The Morgan fingerprint density at radius 1 is 1.20 bits per heavy atom. The Bertz CT molecular complexity index is 609. The van der Waals surface area contributed by atoms with Gasteiger partial charge >= 0.3 is 0 Å². The van der Waals surface area contributed by atoms with Gasteiger partial charge in [-0.1, -0.05) is 25.5 Å². The average molecular weight is 265 g/mol. The number of anilines is 2. The van der Waals surface area contributed by atoms with E-state index in [2.05, 4.69) is 35.4 Å². The zero-order valence-electron chi connectivity index (χ0n) is 12.0. The molecule has 3 nitrogen and oxygen atoms in total. The van der Waals surface area contributed by atoms with Crippen molar-refractivity contribution in [1.29, 1.82) is 5.26 Å². The lowest BCUT2D eigenvalue weighted by atomic mass is 10.1. The Labute approximate surface area is 120 Å². The van der Waals surface area contributed by atoms with Crippen molar-refractivity contribution >= 4 is 11.5 Å². The van der Waals surface area contributed by atoms with Crippen LogP contribution in [0.2, 0.25) is 0 Å². The highest BCUT2D eigenvalue weighted by molar-refractivity contribution is 5.64. The van der Waals surface area contributed by atoms with Crippen LogP contribution in [-0.4, -0.2) is 4.98 Å². The Balaban J connectivity index is 2.15. The molecule has 1 heterocycles. The van der Waals surface area contributed by atoms with E-state index in [0.717, 1.165) is 17.7 Å². The van der Waals surface area contributed by atoms with E-state index in [9.17, 15) is 5.26 Å². The molecule has 20 heavy (non-hydrogen) atoms. The molecular formula is C17H19N3. The molecule has 2 rings (SSSR count). The number of hydrogen-bond donors (Lipinski definition) is 1. The van der Waals surface area contributed by atoms with Crippen LogP contribution in [0.3, 0.4) is 0 Å². The molecule has 0 unspecified atom stereocenters. The van der Waals surface area contributed by atoms with E-state index in [0.29, 0.717) is 11.4 Å². The van der Waals surface area contributed by atoms with E-state index in [1.54, 1.807) is 6.20 Å². The van der Waals surface area contributed by atoms with Gasteiger partial charge < -0.3 is 5.32 Å². The Kier molecular flexibility index (Phi) is 4.73. The summed E-state index contributed by atoms with van der Waals surface area (Å²) in [5.41, 5.74) is 3.84. The number of aryl methyl sites for hydroxylation is 2. The highest BCUT2D eigenvalue weighted by Gasteiger charge is 2.06. The molecule has 0 bridgehead atoms. The Hall–Kier alpha value is -2.34. The number of nitriles is 1. The SMILES string of the molecule is CCCCc1ccc(Nc2nccc(C)c2C#N)cc1. The van der Waals surface area contributed by atoms with E-state index in [1.165, 1.54) is 18.4 Å². The second kappa shape index (κ2) is 6.72. The monoisotopic (exact) mass is 265 g/mol. The molecule has 0 fully saturated rings. The lowest BCUT2D eigenvalue weighted by Crippen LogP contribution is -1.98. The zero-order chi connectivity index (χ0) is 14.4. The third-order valence-corrected chi connectivity index (χ3v) is 3.31. The van der Waals surface area contributed by atoms with Crippen LogP contribution in [-0.2, 0) is 6.42 Å². The second-order valence-corrected chi connectivity index (χ2v) is 4.89. The second-order valence-electron chi connectivity index (χ2n) is 4.89. The number of benzene rings is 1. The van der Waals surface area contributed by atoms with Crippen LogP contribution in [0.5, 0.6) is 0 Å². The molecule has 0 aliphatic heterocycles. The van der Waals surface area contributed by atoms with Gasteiger partial charge in [0.15, 0.2) is 0 Å². The average Bonchev–Trinajstić information content (AvgIpc) is 2.47. The van der Waals surface area contributed by atoms with Crippen LogP contribution in [0.1, 0.15) is 36.5 Å². The first-order valence-electron chi connectivity index (χ1n) is 6.96. The molecule has 1 aromatic carbocycles. The van der Waals surface area contributed by atoms with Crippen LogP contribution < -0.4 is 5.32 Å². The van der Waals surface area contributed by atoms with Crippen molar-refractivity contribution < 1.29 is 0 Å². The summed E-state index contributed by atoms with van der Waals surface area (Å²) < 4.78 is 0. The molecule has 0 aliphatic rings. The summed E-state index contributed by atoms with van der Waals surface area (Å²) in [5, 5.41) is 12.4. The van der Waals surface area contributed by atoms with Gasteiger partial charge in [0.25, 0.3) is 0 Å². The van der Waals surface area contributed by atoms with Gasteiger partial charge in [-0.2, -0.15) is 5.26 Å². The normalized spacial score (nSPS) is 10.1. The standard InChI is InChI=1S/C17H19N3/c1-3-4-5-14-6-8-15(9-7-14)20-17-16(12-18)13(2)10-11-19-17/h6-11H,3-5H2,1-2H3,(H,19,20). The Morgan fingerprint density at radius 3 is 2.60 bits per heavy atom. The lowest BCUT2D eigenvalue weighted by molar-refractivity contribution is 0.795. The third kappa shape index (κ3) is 3.36.